The second-order valence-corrected chi connectivity index (χ2v) is 12.4. The number of thioether (sulfide) groups is 2. The second kappa shape index (κ2) is 14.9. The van der Waals surface area contributed by atoms with Crippen molar-refractivity contribution in [2.75, 3.05) is 16.8 Å². The van der Waals surface area contributed by atoms with Gasteiger partial charge in [0.2, 0.25) is 11.7 Å². The first kappa shape index (κ1) is 32.4. The molecule has 13 nitrogen and oxygen atoms in total. The third kappa shape index (κ3) is 7.43. The van der Waals surface area contributed by atoms with E-state index in [9.17, 15) is 9.59 Å². The van der Waals surface area contributed by atoms with Crippen LogP contribution in [0.5, 0.6) is 0 Å². The van der Waals surface area contributed by atoms with Crippen molar-refractivity contribution in [2.45, 2.75) is 10.1 Å². The molecule has 0 saturated heterocycles. The van der Waals surface area contributed by atoms with Gasteiger partial charge in [0.15, 0.2) is 23.2 Å². The number of benzene rings is 4. The fourth-order valence-electron chi connectivity index (χ4n) is 4.79. The summed E-state index contributed by atoms with van der Waals surface area (Å²) in [6, 6.07) is 34.3. The Hall–Kier alpha value is -6.19. The summed E-state index contributed by atoms with van der Waals surface area (Å²) in [6.07, 6.45) is 0. The van der Waals surface area contributed by atoms with Crippen molar-refractivity contribution in [2.24, 2.45) is 10.9 Å². The molecule has 3 heterocycles. The minimum Gasteiger partial charge on any atom is -0.379 e. The van der Waals surface area contributed by atoms with Gasteiger partial charge in [0, 0.05) is 21.9 Å². The molecule has 0 aliphatic heterocycles. The van der Waals surface area contributed by atoms with Crippen molar-refractivity contribution < 1.29 is 19.1 Å². The molecule has 15 heteroatoms. The van der Waals surface area contributed by atoms with E-state index in [-0.39, 0.29) is 28.9 Å². The molecule has 1 amide bonds. The molecule has 0 aliphatic carbocycles. The van der Waals surface area contributed by atoms with Crippen LogP contribution >= 0.6 is 23.5 Å². The zero-order valence-corrected chi connectivity index (χ0v) is 27.6. The molecule has 4 aromatic carbocycles. The number of aromatic nitrogens is 6. The lowest BCUT2D eigenvalue weighted by Gasteiger charge is -2.09. The van der Waals surface area contributed by atoms with Crippen molar-refractivity contribution in [1.29, 1.82) is 0 Å². The summed E-state index contributed by atoms with van der Waals surface area (Å²) in [4.78, 5) is 49.5. The summed E-state index contributed by atoms with van der Waals surface area (Å²) in [6.45, 7) is 0. The van der Waals surface area contributed by atoms with E-state index in [4.69, 9.17) is 20.2 Å². The quantitative estimate of drug-likeness (QED) is 0.0402. The predicted molar refractivity (Wildman–Crippen MR) is 191 cm³/mol. The number of amidine groups is 1. The van der Waals surface area contributed by atoms with Crippen LogP contribution in [-0.4, -0.2) is 59.5 Å². The van der Waals surface area contributed by atoms with Gasteiger partial charge >= 0.3 is 5.97 Å². The molecule has 0 fully saturated rings. The molecule has 3 N–H and O–H groups in total. The Morgan fingerprint density at radius 1 is 0.680 bits per heavy atom. The number of amides is 1. The van der Waals surface area contributed by atoms with E-state index in [0.29, 0.717) is 21.7 Å². The van der Waals surface area contributed by atoms with E-state index in [1.54, 1.807) is 0 Å². The Morgan fingerprint density at radius 2 is 1.20 bits per heavy atom. The summed E-state index contributed by atoms with van der Waals surface area (Å²) in [5.41, 5.74) is 9.15. The van der Waals surface area contributed by atoms with E-state index >= 15 is 0 Å². The van der Waals surface area contributed by atoms with Crippen LogP contribution in [0.3, 0.4) is 0 Å². The van der Waals surface area contributed by atoms with Gasteiger partial charge in [-0.3, -0.25) is 4.79 Å². The fourth-order valence-corrected chi connectivity index (χ4v) is 6.39. The lowest BCUT2D eigenvalue weighted by atomic mass is 10.2. The average Bonchev–Trinajstić information content (AvgIpc) is 3.63. The van der Waals surface area contributed by atoms with Crippen molar-refractivity contribution in [3.63, 3.8) is 0 Å². The molecule has 246 valence electrons. The van der Waals surface area contributed by atoms with Crippen LogP contribution in [-0.2, 0) is 14.4 Å². The zero-order chi connectivity index (χ0) is 34.3. The first-order valence-electron chi connectivity index (χ1n) is 15.1. The maximum absolute atomic E-state index is 13.0. The number of hydrogen-bond acceptors (Lipinski definition) is 13. The number of hydrogen-bond donors (Lipinski definition) is 2. The van der Waals surface area contributed by atoms with Gasteiger partial charge in [0.25, 0.3) is 0 Å². The minimum atomic E-state index is -0.688. The maximum atomic E-state index is 13.0. The van der Waals surface area contributed by atoms with E-state index < -0.39 is 11.9 Å². The summed E-state index contributed by atoms with van der Waals surface area (Å²) in [7, 11) is 0. The van der Waals surface area contributed by atoms with Gasteiger partial charge in [-0.05, 0) is 22.4 Å². The molecule has 50 heavy (non-hydrogen) atoms. The highest BCUT2D eigenvalue weighted by Gasteiger charge is 2.19. The van der Waals surface area contributed by atoms with Crippen LogP contribution in [0.25, 0.3) is 44.6 Å². The van der Waals surface area contributed by atoms with E-state index in [1.165, 1.54) is 23.5 Å². The Morgan fingerprint density at radius 3 is 1.78 bits per heavy atom. The number of nitrogens with two attached hydrogens (primary N) is 1. The molecule has 0 unspecified atom stereocenters. The van der Waals surface area contributed by atoms with Crippen molar-refractivity contribution in [3.8, 4) is 22.8 Å². The van der Waals surface area contributed by atoms with Crippen molar-refractivity contribution >= 4 is 68.9 Å². The third-order valence-corrected chi connectivity index (χ3v) is 9.06. The highest BCUT2D eigenvalue weighted by molar-refractivity contribution is 8.00. The Bertz CT molecular complexity index is 2360. The van der Waals surface area contributed by atoms with Gasteiger partial charge in [-0.15, -0.1) is 0 Å². The first-order chi connectivity index (χ1) is 24.5. The average molecular weight is 700 g/mol. The van der Waals surface area contributed by atoms with Gasteiger partial charge in [0.1, 0.15) is 15.8 Å². The largest absolute Gasteiger partial charge is 0.379 e. The topological polar surface area (TPSA) is 184 Å². The monoisotopic (exact) mass is 699 g/mol. The molecule has 0 saturated carbocycles. The minimum absolute atomic E-state index is 0.0193. The van der Waals surface area contributed by atoms with Crippen LogP contribution < -0.4 is 11.1 Å². The number of anilines is 1. The number of fused-ring (bicyclic) bond motifs is 2. The van der Waals surface area contributed by atoms with Gasteiger partial charge in [-0.25, -0.2) is 29.4 Å². The van der Waals surface area contributed by atoms with E-state index in [1.807, 2.05) is 109 Å². The van der Waals surface area contributed by atoms with E-state index in [0.717, 1.165) is 32.9 Å². The standard InChI is InChI=1S/C35H25N9O4S2/c36-30(43-47-28(46)20-50-35-24-16-8-10-18-26(24)38-32(41-35)22-13-5-2-6-14-22)29-33(44-48-42-29)39-27(45)19-49-34-23-15-7-9-17-25(23)37-31(40-34)21-11-3-1-4-12-21/h1-18H,19-20H2,(H2,36,43)(H,39,44,45). The normalized spacial score (nSPS) is 11.5. The number of carbonyl (C=O) groups excluding carboxylic acids is 2. The van der Waals surface area contributed by atoms with Gasteiger partial charge in [0.05, 0.1) is 16.8 Å². The number of oxime groups is 1. The highest BCUT2D eigenvalue weighted by Crippen LogP contribution is 2.30. The summed E-state index contributed by atoms with van der Waals surface area (Å²) in [5, 5.41) is 16.6. The fraction of sp³-hybridized carbons (Fsp3) is 0.0571. The summed E-state index contributed by atoms with van der Waals surface area (Å²) >= 11 is 2.42. The number of para-hydroxylation sites is 2. The lowest BCUT2D eigenvalue weighted by Crippen LogP contribution is -2.21. The Balaban J connectivity index is 0.987. The molecule has 0 atom stereocenters. The molecule has 3 aromatic heterocycles. The Kier molecular flexibility index (Phi) is 9.66. The van der Waals surface area contributed by atoms with Crippen LogP contribution in [0.4, 0.5) is 5.82 Å². The van der Waals surface area contributed by atoms with Crippen LogP contribution in [0.1, 0.15) is 5.69 Å². The molecule has 0 aliphatic rings. The van der Waals surface area contributed by atoms with Gasteiger partial charge < -0.3 is 15.9 Å². The molecular formula is C35H25N9O4S2. The Labute approximate surface area is 292 Å². The first-order valence-corrected chi connectivity index (χ1v) is 17.0. The lowest BCUT2D eigenvalue weighted by molar-refractivity contribution is -0.140. The van der Waals surface area contributed by atoms with Crippen molar-refractivity contribution in [3.05, 3.63) is 115 Å². The smallest absolute Gasteiger partial charge is 0.345 e. The van der Waals surface area contributed by atoms with Crippen molar-refractivity contribution in [1.82, 2.24) is 30.2 Å². The molecule has 0 bridgehead atoms. The molecule has 0 spiro atoms. The van der Waals surface area contributed by atoms with Crippen LogP contribution in [0.2, 0.25) is 0 Å². The third-order valence-electron chi connectivity index (χ3n) is 7.10. The molecular weight excluding hydrogens is 675 g/mol. The molecule has 0 radical (unpaired) electrons. The van der Waals surface area contributed by atoms with Crippen LogP contribution in [0.15, 0.2) is 129 Å². The maximum Gasteiger partial charge on any atom is 0.345 e. The summed E-state index contributed by atoms with van der Waals surface area (Å²) < 4.78 is 4.79. The number of rotatable bonds is 11. The van der Waals surface area contributed by atoms with Crippen LogP contribution in [0, 0.1) is 0 Å². The van der Waals surface area contributed by atoms with Gasteiger partial charge in [-0.1, -0.05) is 126 Å². The number of nitrogens with zero attached hydrogens (tertiary/aromatic N) is 7. The van der Waals surface area contributed by atoms with Gasteiger partial charge in [-0.2, -0.15) is 0 Å². The predicted octanol–water partition coefficient (Wildman–Crippen LogP) is 5.98. The second-order valence-electron chi connectivity index (χ2n) is 10.5. The zero-order valence-electron chi connectivity index (χ0n) is 26.0. The molecule has 7 aromatic rings. The van der Waals surface area contributed by atoms with E-state index in [2.05, 4.69) is 35.7 Å². The number of nitrogens with one attached hydrogen (secondary N) is 1. The molecule has 7 rings (SSSR count). The SMILES string of the molecule is N/C(=N\OC(=O)CSc1nc(-c2ccccc2)nc2ccccc12)c1nonc1NC(=O)CSc1nc(-c2ccccc2)nc2ccccc12. The summed E-state index contributed by atoms with van der Waals surface area (Å²) in [5.74, 6) is -0.564. The highest BCUT2D eigenvalue weighted by atomic mass is 32.2. The number of carbonyl (C=O) groups is 2.